The molecule has 0 N–H and O–H groups in total. The van der Waals surface area contributed by atoms with Crippen molar-refractivity contribution in [1.29, 1.82) is 0 Å². The molecule has 3 heteroatoms. The Morgan fingerprint density at radius 1 is 1.38 bits per heavy atom. The molecule has 0 aromatic heterocycles. The molecule has 1 saturated heterocycles. The molecule has 0 saturated carbocycles. The van der Waals surface area contributed by atoms with Crippen LogP contribution in [0.25, 0.3) is 0 Å². The molecule has 1 aromatic carbocycles. The summed E-state index contributed by atoms with van der Waals surface area (Å²) in [5.41, 5.74) is 1.17. The minimum Gasteiger partial charge on any atom is -0.493 e. The third-order valence-corrected chi connectivity index (χ3v) is 2.65. The van der Waals surface area contributed by atoms with Crippen LogP contribution in [-0.2, 0) is 4.74 Å². The van der Waals surface area contributed by atoms with Crippen molar-refractivity contribution in [2.45, 2.75) is 25.9 Å². The van der Waals surface area contributed by atoms with E-state index in [1.54, 1.807) is 7.11 Å². The van der Waals surface area contributed by atoms with Crippen LogP contribution in [0.2, 0.25) is 0 Å². The molecule has 1 atom stereocenters. The van der Waals surface area contributed by atoms with Crippen LogP contribution >= 0.6 is 0 Å². The van der Waals surface area contributed by atoms with Crippen LogP contribution in [0.15, 0.2) is 18.2 Å². The Labute approximate surface area is 96.3 Å². The molecule has 0 radical (unpaired) electrons. The summed E-state index contributed by atoms with van der Waals surface area (Å²) in [6.45, 7) is 3.71. The maximum Gasteiger partial charge on any atom is 0.161 e. The van der Waals surface area contributed by atoms with E-state index in [1.165, 1.54) is 5.56 Å². The fourth-order valence-corrected chi connectivity index (χ4v) is 1.57. The fourth-order valence-electron chi connectivity index (χ4n) is 1.57. The minimum absolute atomic E-state index is 0.263. The van der Waals surface area contributed by atoms with Gasteiger partial charge in [-0.05, 0) is 24.1 Å². The molecule has 1 heterocycles. The maximum atomic E-state index is 5.66. The lowest BCUT2D eigenvalue weighted by Crippen LogP contribution is -1.99. The number of rotatable bonds is 6. The second-order valence-electron chi connectivity index (χ2n) is 3.93. The van der Waals surface area contributed by atoms with Crippen LogP contribution in [0.4, 0.5) is 0 Å². The third-order valence-electron chi connectivity index (χ3n) is 2.65. The zero-order valence-electron chi connectivity index (χ0n) is 9.86. The normalized spacial score (nSPS) is 18.2. The second-order valence-corrected chi connectivity index (χ2v) is 3.93. The van der Waals surface area contributed by atoms with Gasteiger partial charge in [0, 0.05) is 0 Å². The second kappa shape index (κ2) is 5.21. The van der Waals surface area contributed by atoms with Crippen molar-refractivity contribution < 1.29 is 14.2 Å². The number of methoxy groups -OCH3 is 1. The number of hydrogen-bond acceptors (Lipinski definition) is 3. The number of benzene rings is 1. The van der Waals surface area contributed by atoms with Gasteiger partial charge in [-0.3, -0.25) is 0 Å². The number of ether oxygens (including phenoxy) is 3. The highest BCUT2D eigenvalue weighted by Gasteiger charge is 2.25. The minimum atomic E-state index is 0.263. The highest BCUT2D eigenvalue weighted by molar-refractivity contribution is 5.44. The third kappa shape index (κ3) is 2.67. The van der Waals surface area contributed by atoms with Crippen molar-refractivity contribution in [2.24, 2.45) is 0 Å². The lowest BCUT2D eigenvalue weighted by molar-refractivity contribution is 0.288. The van der Waals surface area contributed by atoms with Gasteiger partial charge in [0.25, 0.3) is 0 Å². The van der Waals surface area contributed by atoms with Crippen LogP contribution in [0.3, 0.4) is 0 Å². The highest BCUT2D eigenvalue weighted by atomic mass is 16.6. The van der Waals surface area contributed by atoms with E-state index in [-0.39, 0.29) is 6.10 Å². The van der Waals surface area contributed by atoms with Gasteiger partial charge in [-0.1, -0.05) is 19.4 Å². The Kier molecular flexibility index (Phi) is 3.67. The summed E-state index contributed by atoms with van der Waals surface area (Å²) < 4.78 is 16.2. The number of hydrogen-bond donors (Lipinski definition) is 0. The first kappa shape index (κ1) is 11.3. The Morgan fingerprint density at radius 2 is 2.19 bits per heavy atom. The van der Waals surface area contributed by atoms with Crippen molar-refractivity contribution in [1.82, 2.24) is 0 Å². The Balaban J connectivity index is 2.05. The summed E-state index contributed by atoms with van der Waals surface area (Å²) in [7, 11) is 1.67. The molecule has 0 bridgehead atoms. The average Bonchev–Trinajstić information content (AvgIpc) is 3.13. The first-order valence-electron chi connectivity index (χ1n) is 5.77. The molecule has 2 rings (SSSR count). The quantitative estimate of drug-likeness (QED) is 0.547. The molecular weight excluding hydrogens is 204 g/mol. The molecule has 0 unspecified atom stereocenters. The van der Waals surface area contributed by atoms with Gasteiger partial charge in [0.1, 0.15) is 6.10 Å². The number of epoxide rings is 1. The summed E-state index contributed by atoms with van der Waals surface area (Å²) >= 11 is 0. The first-order valence-corrected chi connectivity index (χ1v) is 5.77. The summed E-state index contributed by atoms with van der Waals surface area (Å²) in [6, 6.07) is 6.01. The standard InChI is InChI=1S/C13H18O3/c1-3-4-7-15-11-6-5-10(13-9-16-13)8-12(11)14-2/h5-6,8,13H,3-4,7,9H2,1-2H3/t13-/m1/s1. The van der Waals surface area contributed by atoms with Gasteiger partial charge in [0.2, 0.25) is 0 Å². The highest BCUT2D eigenvalue weighted by Crippen LogP contribution is 2.36. The van der Waals surface area contributed by atoms with Crippen molar-refractivity contribution in [3.63, 3.8) is 0 Å². The predicted octanol–water partition coefficient (Wildman–Crippen LogP) is 2.95. The van der Waals surface area contributed by atoms with E-state index in [1.807, 2.05) is 18.2 Å². The molecule has 16 heavy (non-hydrogen) atoms. The van der Waals surface area contributed by atoms with E-state index in [0.717, 1.165) is 37.6 Å². The van der Waals surface area contributed by atoms with Crippen LogP contribution in [0.1, 0.15) is 31.4 Å². The largest absolute Gasteiger partial charge is 0.493 e. The summed E-state index contributed by atoms with van der Waals surface area (Å²) in [4.78, 5) is 0. The van der Waals surface area contributed by atoms with Crippen LogP contribution < -0.4 is 9.47 Å². The molecule has 1 aromatic rings. The van der Waals surface area contributed by atoms with E-state index in [4.69, 9.17) is 14.2 Å². The molecule has 88 valence electrons. The van der Waals surface area contributed by atoms with Gasteiger partial charge in [0.15, 0.2) is 11.5 Å². The zero-order chi connectivity index (χ0) is 11.4. The van der Waals surface area contributed by atoms with Gasteiger partial charge >= 0.3 is 0 Å². The average molecular weight is 222 g/mol. The lowest BCUT2D eigenvalue weighted by Gasteiger charge is -2.11. The van der Waals surface area contributed by atoms with E-state index in [0.29, 0.717) is 0 Å². The maximum absolute atomic E-state index is 5.66. The summed E-state index contributed by atoms with van der Waals surface area (Å²) in [5, 5.41) is 0. The topological polar surface area (TPSA) is 31.0 Å². The van der Waals surface area contributed by atoms with E-state index in [9.17, 15) is 0 Å². The smallest absolute Gasteiger partial charge is 0.161 e. The summed E-state index contributed by atoms with van der Waals surface area (Å²) in [5.74, 6) is 1.62. The lowest BCUT2D eigenvalue weighted by atomic mass is 10.1. The van der Waals surface area contributed by atoms with Crippen molar-refractivity contribution in [3.05, 3.63) is 23.8 Å². The fraction of sp³-hybridized carbons (Fsp3) is 0.538. The van der Waals surface area contributed by atoms with Gasteiger partial charge in [-0.15, -0.1) is 0 Å². The SMILES string of the molecule is CCCCOc1ccc([C@H]2CO2)cc1OC. The molecule has 1 aliphatic rings. The van der Waals surface area contributed by atoms with Gasteiger partial charge < -0.3 is 14.2 Å². The van der Waals surface area contributed by atoms with E-state index >= 15 is 0 Å². The van der Waals surface area contributed by atoms with Crippen molar-refractivity contribution in [3.8, 4) is 11.5 Å². The molecule has 1 fully saturated rings. The van der Waals surface area contributed by atoms with Gasteiger partial charge in [-0.2, -0.15) is 0 Å². The predicted molar refractivity (Wildman–Crippen MR) is 62.1 cm³/mol. The molecule has 0 amide bonds. The van der Waals surface area contributed by atoms with E-state index < -0.39 is 0 Å². The molecule has 3 nitrogen and oxygen atoms in total. The molecular formula is C13H18O3. The Bertz CT molecular complexity index is 345. The Hall–Kier alpha value is -1.22. The molecule has 1 aliphatic heterocycles. The van der Waals surface area contributed by atoms with Crippen molar-refractivity contribution >= 4 is 0 Å². The summed E-state index contributed by atoms with van der Waals surface area (Å²) in [6.07, 6.45) is 2.46. The van der Waals surface area contributed by atoms with E-state index in [2.05, 4.69) is 6.92 Å². The Morgan fingerprint density at radius 3 is 2.81 bits per heavy atom. The van der Waals surface area contributed by atoms with Gasteiger partial charge in [0.05, 0.1) is 20.3 Å². The molecule has 0 aliphatic carbocycles. The van der Waals surface area contributed by atoms with Crippen molar-refractivity contribution in [2.75, 3.05) is 20.3 Å². The van der Waals surface area contributed by atoms with Gasteiger partial charge in [-0.25, -0.2) is 0 Å². The van der Waals surface area contributed by atoms with Crippen LogP contribution in [-0.4, -0.2) is 20.3 Å². The molecule has 0 spiro atoms. The van der Waals surface area contributed by atoms with Crippen LogP contribution in [0.5, 0.6) is 11.5 Å². The zero-order valence-corrected chi connectivity index (χ0v) is 9.86. The van der Waals surface area contributed by atoms with Crippen LogP contribution in [0, 0.1) is 0 Å². The first-order chi connectivity index (χ1) is 7.85. The monoisotopic (exact) mass is 222 g/mol. The number of unbranched alkanes of at least 4 members (excludes halogenated alkanes) is 1.